The van der Waals surface area contributed by atoms with Gasteiger partial charge in [-0.15, -0.1) is 24.0 Å². The molecule has 25 heavy (non-hydrogen) atoms. The first-order valence-corrected chi connectivity index (χ1v) is 8.90. The lowest BCUT2D eigenvalue weighted by Crippen LogP contribution is -2.63. The van der Waals surface area contributed by atoms with Gasteiger partial charge in [-0.2, -0.15) is 0 Å². The molecule has 0 saturated carbocycles. The summed E-state index contributed by atoms with van der Waals surface area (Å²) in [6, 6.07) is 8.67. The highest BCUT2D eigenvalue weighted by atomic mass is 127. The van der Waals surface area contributed by atoms with Gasteiger partial charge >= 0.3 is 0 Å². The van der Waals surface area contributed by atoms with Crippen molar-refractivity contribution in [2.75, 3.05) is 52.9 Å². The van der Waals surface area contributed by atoms with Gasteiger partial charge < -0.3 is 15.4 Å². The predicted molar refractivity (Wildman–Crippen MR) is 113 cm³/mol. The van der Waals surface area contributed by atoms with Crippen molar-refractivity contribution in [2.45, 2.75) is 19.5 Å². The van der Waals surface area contributed by atoms with Gasteiger partial charge in [-0.25, -0.2) is 4.99 Å². The van der Waals surface area contributed by atoms with Gasteiger partial charge in [0, 0.05) is 51.9 Å². The minimum absolute atomic E-state index is 0. The molecule has 0 aliphatic carbocycles. The summed E-state index contributed by atoms with van der Waals surface area (Å²) in [6.07, 6.45) is 0. The van der Waals surface area contributed by atoms with E-state index in [1.54, 1.807) is 7.11 Å². The topological polar surface area (TPSA) is 52.1 Å². The first-order valence-electron chi connectivity index (χ1n) is 8.90. The fourth-order valence-corrected chi connectivity index (χ4v) is 3.38. The molecule has 0 radical (unpaired) electrons. The fourth-order valence-electron chi connectivity index (χ4n) is 3.38. The molecule has 7 heteroatoms. The maximum absolute atomic E-state index is 5.19. The van der Waals surface area contributed by atoms with Crippen LogP contribution in [0.3, 0.4) is 0 Å². The van der Waals surface area contributed by atoms with E-state index < -0.39 is 0 Å². The highest BCUT2D eigenvalue weighted by Gasteiger charge is 2.31. The van der Waals surface area contributed by atoms with E-state index >= 15 is 0 Å². The summed E-state index contributed by atoms with van der Waals surface area (Å²) in [5, 5.41) is 6.86. The van der Waals surface area contributed by atoms with Gasteiger partial charge in [0.2, 0.25) is 0 Å². The van der Waals surface area contributed by atoms with Crippen molar-refractivity contribution in [3.8, 4) is 5.75 Å². The van der Waals surface area contributed by atoms with Gasteiger partial charge in [-0.1, -0.05) is 12.1 Å². The molecule has 3 aliphatic heterocycles. The van der Waals surface area contributed by atoms with Crippen LogP contribution >= 0.6 is 24.0 Å². The molecule has 3 heterocycles. The Balaban J connectivity index is 0.00000225. The highest BCUT2D eigenvalue weighted by molar-refractivity contribution is 14.0. The monoisotopic (exact) mass is 459 g/mol. The second kappa shape index (κ2) is 10.2. The van der Waals surface area contributed by atoms with E-state index in [4.69, 9.17) is 9.73 Å². The molecule has 3 fully saturated rings. The summed E-state index contributed by atoms with van der Waals surface area (Å²) < 4.78 is 5.19. The Kier molecular flexibility index (Phi) is 8.25. The second-order valence-corrected chi connectivity index (χ2v) is 6.41. The van der Waals surface area contributed by atoms with E-state index in [9.17, 15) is 0 Å². The van der Waals surface area contributed by atoms with Crippen LogP contribution in [0.15, 0.2) is 29.3 Å². The maximum Gasteiger partial charge on any atom is 0.191 e. The molecule has 0 amide bonds. The molecule has 1 aromatic rings. The smallest absolute Gasteiger partial charge is 0.191 e. The largest absolute Gasteiger partial charge is 0.497 e. The lowest BCUT2D eigenvalue weighted by atomic mass is 10.1. The number of nitrogens with one attached hydrogen (secondary N) is 2. The Labute approximate surface area is 168 Å². The molecule has 4 rings (SSSR count). The number of nitrogens with zero attached hydrogens (tertiary/aromatic N) is 3. The molecule has 0 aromatic heterocycles. The number of benzene rings is 1. The SMILES string of the molecule is CCNC(=NCc1ccc(OC)cc1)NCC1CN2CCN1CC2.I. The minimum atomic E-state index is 0. The molecular formula is C18H30IN5O. The average Bonchev–Trinajstić information content (AvgIpc) is 2.65. The zero-order valence-electron chi connectivity index (χ0n) is 15.2. The van der Waals surface area contributed by atoms with Gasteiger partial charge in [0.15, 0.2) is 5.96 Å². The number of guanidine groups is 1. The zero-order chi connectivity index (χ0) is 16.8. The van der Waals surface area contributed by atoms with E-state index in [1.165, 1.54) is 38.3 Å². The van der Waals surface area contributed by atoms with Crippen LogP contribution in [0, 0.1) is 0 Å². The Morgan fingerprint density at radius 2 is 1.88 bits per heavy atom. The fraction of sp³-hybridized carbons (Fsp3) is 0.611. The van der Waals surface area contributed by atoms with E-state index in [-0.39, 0.29) is 24.0 Å². The zero-order valence-corrected chi connectivity index (χ0v) is 17.5. The molecule has 2 N–H and O–H groups in total. The second-order valence-electron chi connectivity index (χ2n) is 6.41. The first kappa shape index (κ1) is 20.3. The maximum atomic E-state index is 5.19. The van der Waals surface area contributed by atoms with Crippen molar-refractivity contribution < 1.29 is 4.74 Å². The van der Waals surface area contributed by atoms with E-state index in [0.29, 0.717) is 12.6 Å². The first-order chi connectivity index (χ1) is 11.8. The van der Waals surface area contributed by atoms with Gasteiger partial charge in [0.25, 0.3) is 0 Å². The summed E-state index contributed by atoms with van der Waals surface area (Å²) in [7, 11) is 1.69. The molecular weight excluding hydrogens is 429 g/mol. The summed E-state index contributed by atoms with van der Waals surface area (Å²) >= 11 is 0. The van der Waals surface area contributed by atoms with Crippen LogP contribution in [0.5, 0.6) is 5.75 Å². The third-order valence-corrected chi connectivity index (χ3v) is 4.82. The number of hydrogen-bond donors (Lipinski definition) is 2. The summed E-state index contributed by atoms with van der Waals surface area (Å²) in [6.45, 7) is 10.6. The molecule has 2 bridgehead atoms. The number of piperazine rings is 3. The van der Waals surface area contributed by atoms with Crippen LogP contribution in [0.1, 0.15) is 12.5 Å². The normalized spacial score (nSPS) is 25.2. The van der Waals surface area contributed by atoms with Gasteiger partial charge in [-0.05, 0) is 24.6 Å². The van der Waals surface area contributed by atoms with Crippen LogP contribution in [0.2, 0.25) is 0 Å². The van der Waals surface area contributed by atoms with Crippen LogP contribution < -0.4 is 15.4 Å². The molecule has 3 aliphatic rings. The number of halogens is 1. The van der Waals surface area contributed by atoms with Crippen LogP contribution in [-0.4, -0.2) is 74.7 Å². The standard InChI is InChI=1S/C18H29N5O.HI/c1-3-19-18(20-12-15-4-6-17(24-2)7-5-15)21-13-16-14-22-8-10-23(16)11-9-22;/h4-7,16H,3,8-14H2,1-2H3,(H2,19,20,21);1H. The molecule has 140 valence electrons. The molecule has 6 nitrogen and oxygen atoms in total. The van der Waals surface area contributed by atoms with Crippen LogP contribution in [-0.2, 0) is 6.54 Å². The van der Waals surface area contributed by atoms with Gasteiger partial charge in [0.05, 0.1) is 13.7 Å². The average molecular weight is 459 g/mol. The van der Waals surface area contributed by atoms with Crippen molar-refractivity contribution in [2.24, 2.45) is 4.99 Å². The third-order valence-electron chi connectivity index (χ3n) is 4.82. The molecule has 1 unspecified atom stereocenters. The van der Waals surface area contributed by atoms with Crippen molar-refractivity contribution in [1.82, 2.24) is 20.4 Å². The van der Waals surface area contributed by atoms with Crippen LogP contribution in [0.25, 0.3) is 0 Å². The van der Waals surface area contributed by atoms with Crippen molar-refractivity contribution in [1.29, 1.82) is 0 Å². The third kappa shape index (κ3) is 5.72. The van der Waals surface area contributed by atoms with E-state index in [2.05, 4.69) is 39.5 Å². The Morgan fingerprint density at radius 3 is 2.44 bits per heavy atom. The van der Waals surface area contributed by atoms with Crippen molar-refractivity contribution in [3.63, 3.8) is 0 Å². The number of fused-ring (bicyclic) bond motifs is 3. The number of hydrogen-bond acceptors (Lipinski definition) is 4. The molecule has 1 aromatic carbocycles. The number of methoxy groups -OCH3 is 1. The predicted octanol–water partition coefficient (Wildman–Crippen LogP) is 1.37. The minimum Gasteiger partial charge on any atom is -0.497 e. The quantitative estimate of drug-likeness (QED) is 0.383. The number of ether oxygens (including phenoxy) is 1. The van der Waals surface area contributed by atoms with Gasteiger partial charge in [0.1, 0.15) is 5.75 Å². The molecule has 0 spiro atoms. The van der Waals surface area contributed by atoms with Crippen molar-refractivity contribution in [3.05, 3.63) is 29.8 Å². The summed E-state index contributed by atoms with van der Waals surface area (Å²) in [4.78, 5) is 9.87. The summed E-state index contributed by atoms with van der Waals surface area (Å²) in [5.74, 6) is 1.77. The van der Waals surface area contributed by atoms with E-state index in [0.717, 1.165) is 24.8 Å². The van der Waals surface area contributed by atoms with E-state index in [1.807, 2.05) is 12.1 Å². The molecule has 1 atom stereocenters. The van der Waals surface area contributed by atoms with Gasteiger partial charge in [-0.3, -0.25) is 9.80 Å². The lowest BCUT2D eigenvalue weighted by Gasteiger charge is -2.47. The van der Waals surface area contributed by atoms with Crippen molar-refractivity contribution >= 4 is 29.9 Å². The Hall–Kier alpha value is -1.06. The number of aliphatic imine (C=N–C) groups is 1. The lowest BCUT2D eigenvalue weighted by molar-refractivity contribution is 0.0154. The highest BCUT2D eigenvalue weighted by Crippen LogP contribution is 2.15. The van der Waals surface area contributed by atoms with Crippen LogP contribution in [0.4, 0.5) is 0 Å². The Morgan fingerprint density at radius 1 is 1.16 bits per heavy atom. The Bertz CT molecular complexity index is 543. The number of rotatable bonds is 6. The summed E-state index contributed by atoms with van der Waals surface area (Å²) in [5.41, 5.74) is 1.18. The molecule has 3 saturated heterocycles.